The molecule has 0 N–H and O–H groups in total. The molecule has 3 nitrogen and oxygen atoms in total. The molecule has 1 aromatic heterocycles. The van der Waals surface area contributed by atoms with Crippen LogP contribution >= 0.6 is 23.2 Å². The third-order valence-corrected chi connectivity index (χ3v) is 11.1. The van der Waals surface area contributed by atoms with Crippen molar-refractivity contribution in [3.8, 4) is 5.75 Å². The van der Waals surface area contributed by atoms with Gasteiger partial charge < -0.3 is 9.09 Å². The maximum absolute atomic E-state index is 13.3. The van der Waals surface area contributed by atoms with E-state index >= 15 is 0 Å². The van der Waals surface area contributed by atoms with Gasteiger partial charge >= 0.3 is 6.18 Å². The van der Waals surface area contributed by atoms with Crippen LogP contribution in [0.1, 0.15) is 33.3 Å². The van der Waals surface area contributed by atoms with Gasteiger partial charge in [-0.3, -0.25) is 0 Å². The first-order valence-electron chi connectivity index (χ1n) is 12.7. The molecule has 1 unspecified atom stereocenters. The first-order chi connectivity index (χ1) is 18.4. The zero-order chi connectivity index (χ0) is 28.0. The third kappa shape index (κ3) is 5.15. The molecule has 0 aliphatic heterocycles. The molecule has 1 heterocycles. The smallest absolute Gasteiger partial charge is 0.416 e. The van der Waals surface area contributed by atoms with E-state index in [1.807, 2.05) is 36.4 Å². The lowest BCUT2D eigenvalue weighted by atomic mass is 10.1. The van der Waals surface area contributed by atoms with Crippen LogP contribution in [0.5, 0.6) is 5.75 Å². The molecule has 39 heavy (non-hydrogen) atoms. The number of halogens is 4. The number of hydrogen-bond acceptors (Lipinski definition) is 2. The first-order valence-corrected chi connectivity index (χ1v) is 15.1. The van der Waals surface area contributed by atoms with Crippen LogP contribution in [0.25, 0.3) is 21.8 Å². The standard InChI is InChI=1S/C31H29BrF3N2OP/c1-5-37-28-12-7-6-11-26(28)27-20-25(17-18-29(27)37)39(30(2,3)4,38-24-10-8-9-22(32)19-24)36-23-15-13-21(14-16-23)31(33,34)35/h6-20H,5H2,1-4H3. The molecular weight excluding hydrogens is 584 g/mol. The number of aromatic nitrogens is 1. The summed E-state index contributed by atoms with van der Waals surface area (Å²) in [7, 11) is -2.92. The van der Waals surface area contributed by atoms with E-state index in [2.05, 4.69) is 78.5 Å². The summed E-state index contributed by atoms with van der Waals surface area (Å²) >= 11 is 3.53. The lowest BCUT2D eigenvalue weighted by Gasteiger charge is -2.37. The molecule has 1 atom stereocenters. The predicted molar refractivity (Wildman–Crippen MR) is 160 cm³/mol. The van der Waals surface area contributed by atoms with Crippen LogP contribution < -0.4 is 9.83 Å². The lowest BCUT2D eigenvalue weighted by Crippen LogP contribution is -2.27. The Kier molecular flexibility index (Phi) is 7.19. The Morgan fingerprint density at radius 3 is 2.15 bits per heavy atom. The predicted octanol–water partition coefficient (Wildman–Crippen LogP) is 10.5. The zero-order valence-corrected chi connectivity index (χ0v) is 24.6. The van der Waals surface area contributed by atoms with Crippen LogP contribution in [0.2, 0.25) is 0 Å². The van der Waals surface area contributed by atoms with Crippen molar-refractivity contribution in [2.45, 2.75) is 45.6 Å². The van der Waals surface area contributed by atoms with Crippen LogP contribution in [0.3, 0.4) is 0 Å². The van der Waals surface area contributed by atoms with E-state index in [-0.39, 0.29) is 0 Å². The Bertz CT molecular complexity index is 1720. The fourth-order valence-electron chi connectivity index (χ4n) is 4.93. The van der Waals surface area contributed by atoms with Gasteiger partial charge in [0.15, 0.2) is 7.28 Å². The summed E-state index contributed by atoms with van der Waals surface area (Å²) in [6.45, 7) is 9.18. The number of para-hydroxylation sites is 1. The monoisotopic (exact) mass is 612 g/mol. The van der Waals surface area contributed by atoms with Crippen LogP contribution in [0.15, 0.2) is 100 Å². The van der Waals surface area contributed by atoms with E-state index in [4.69, 9.17) is 9.27 Å². The maximum Gasteiger partial charge on any atom is 0.416 e. The van der Waals surface area contributed by atoms with Gasteiger partial charge in [0.25, 0.3) is 0 Å². The van der Waals surface area contributed by atoms with E-state index in [1.54, 1.807) is 0 Å². The second-order valence-electron chi connectivity index (χ2n) is 10.4. The SMILES string of the molecule is CCn1c2ccccc2c2cc(P(=Nc3ccc(C(F)(F)F)cc3)(Oc3cccc(Br)c3)C(C)(C)C)ccc21. The molecule has 0 spiro atoms. The number of aryl methyl sites for hydroxylation is 1. The summed E-state index contributed by atoms with van der Waals surface area (Å²) in [5, 5.41) is 2.66. The molecule has 0 saturated heterocycles. The molecule has 0 saturated carbocycles. The fourth-order valence-corrected chi connectivity index (χ4v) is 8.38. The van der Waals surface area contributed by atoms with Gasteiger partial charge in [0.2, 0.25) is 0 Å². The molecule has 0 radical (unpaired) electrons. The van der Waals surface area contributed by atoms with Crippen molar-refractivity contribution in [1.82, 2.24) is 4.57 Å². The van der Waals surface area contributed by atoms with Crippen molar-refractivity contribution in [3.05, 3.63) is 101 Å². The Labute approximate surface area is 234 Å². The summed E-state index contributed by atoms with van der Waals surface area (Å²) in [6, 6.07) is 27.2. The van der Waals surface area contributed by atoms with Crippen LogP contribution in [0.4, 0.5) is 18.9 Å². The number of benzene rings is 4. The minimum absolute atomic E-state index is 0.442. The molecule has 0 fully saturated rings. The maximum atomic E-state index is 13.3. The van der Waals surface area contributed by atoms with Crippen LogP contribution in [-0.2, 0) is 12.7 Å². The van der Waals surface area contributed by atoms with Gasteiger partial charge in [-0.05, 0) is 73.7 Å². The molecule has 5 rings (SSSR count). The molecule has 0 aliphatic carbocycles. The van der Waals surface area contributed by atoms with Gasteiger partial charge in [-0.15, -0.1) is 0 Å². The van der Waals surface area contributed by atoms with Crippen molar-refractivity contribution in [2.24, 2.45) is 4.74 Å². The minimum Gasteiger partial charge on any atom is -0.455 e. The van der Waals surface area contributed by atoms with Crippen molar-refractivity contribution in [2.75, 3.05) is 0 Å². The van der Waals surface area contributed by atoms with Crippen molar-refractivity contribution in [3.63, 3.8) is 0 Å². The van der Waals surface area contributed by atoms with Gasteiger partial charge in [0, 0.05) is 43.3 Å². The molecule has 0 bridgehead atoms. The van der Waals surface area contributed by atoms with Gasteiger partial charge in [-0.2, -0.15) is 13.2 Å². The molecule has 8 heteroatoms. The van der Waals surface area contributed by atoms with E-state index < -0.39 is 24.2 Å². The molecular formula is C31H29BrF3N2OP. The molecule has 0 amide bonds. The molecule has 4 aromatic carbocycles. The number of nitrogens with zero attached hydrogens (tertiary/aromatic N) is 2. The molecule has 0 aliphatic rings. The summed E-state index contributed by atoms with van der Waals surface area (Å²) in [5.41, 5.74) is 2.01. The lowest BCUT2D eigenvalue weighted by molar-refractivity contribution is -0.137. The van der Waals surface area contributed by atoms with Crippen molar-refractivity contribution < 1.29 is 17.7 Å². The topological polar surface area (TPSA) is 26.5 Å². The number of rotatable bonds is 5. The highest BCUT2D eigenvalue weighted by Gasteiger charge is 2.39. The number of alkyl halides is 3. The summed E-state index contributed by atoms with van der Waals surface area (Å²) < 4.78 is 55.1. The normalized spacial score (nSPS) is 13.9. The highest BCUT2D eigenvalue weighted by molar-refractivity contribution is 9.10. The molecule has 5 aromatic rings. The molecule has 202 valence electrons. The largest absolute Gasteiger partial charge is 0.455 e. The third-order valence-electron chi connectivity index (χ3n) is 6.82. The quantitative estimate of drug-likeness (QED) is 0.181. The highest BCUT2D eigenvalue weighted by atomic mass is 79.9. The van der Waals surface area contributed by atoms with Crippen LogP contribution in [-0.4, -0.2) is 9.72 Å². The van der Waals surface area contributed by atoms with E-state index in [1.165, 1.54) is 12.1 Å². The Morgan fingerprint density at radius 2 is 1.51 bits per heavy atom. The average Bonchev–Trinajstić information content (AvgIpc) is 3.20. The first kappa shape index (κ1) is 27.5. The van der Waals surface area contributed by atoms with E-state index in [9.17, 15) is 13.2 Å². The average molecular weight is 613 g/mol. The fraction of sp³-hybridized carbons (Fsp3) is 0.226. The van der Waals surface area contributed by atoms with Crippen molar-refractivity contribution >= 4 is 56.0 Å². The van der Waals surface area contributed by atoms with Gasteiger partial charge in [0.1, 0.15) is 5.75 Å². The summed E-state index contributed by atoms with van der Waals surface area (Å²) in [6.07, 6.45) is -4.42. The van der Waals surface area contributed by atoms with Crippen LogP contribution in [0, 0.1) is 0 Å². The number of fused-ring (bicyclic) bond motifs is 3. The summed E-state index contributed by atoms with van der Waals surface area (Å²) in [5.74, 6) is 0.638. The van der Waals surface area contributed by atoms with Gasteiger partial charge in [-0.25, -0.2) is 4.74 Å². The minimum atomic E-state index is -4.42. The van der Waals surface area contributed by atoms with E-state index in [0.29, 0.717) is 11.4 Å². The summed E-state index contributed by atoms with van der Waals surface area (Å²) in [4.78, 5) is 0. The number of hydrogen-bond donors (Lipinski definition) is 0. The van der Waals surface area contributed by atoms with Crippen molar-refractivity contribution in [1.29, 1.82) is 0 Å². The Hall–Kier alpha value is -3.02. The second-order valence-corrected chi connectivity index (χ2v) is 14.7. The Morgan fingerprint density at radius 1 is 0.821 bits per heavy atom. The van der Waals surface area contributed by atoms with E-state index in [0.717, 1.165) is 50.3 Å². The van der Waals surface area contributed by atoms with Gasteiger partial charge in [0.05, 0.1) is 11.3 Å². The highest BCUT2D eigenvalue weighted by Crippen LogP contribution is 2.62. The zero-order valence-electron chi connectivity index (χ0n) is 22.1. The van der Waals surface area contributed by atoms with Gasteiger partial charge in [-0.1, -0.05) is 61.0 Å². The Balaban J connectivity index is 1.81. The second kappa shape index (κ2) is 10.2.